The summed E-state index contributed by atoms with van der Waals surface area (Å²) < 4.78 is 2.95. The molecule has 0 saturated heterocycles. The van der Waals surface area contributed by atoms with Crippen molar-refractivity contribution in [3.63, 3.8) is 0 Å². The van der Waals surface area contributed by atoms with Gasteiger partial charge >= 0.3 is 0 Å². The monoisotopic (exact) mass is 254 g/mol. The number of rotatable bonds is 2. The van der Waals surface area contributed by atoms with Crippen LogP contribution in [0.4, 0.5) is 0 Å². The molecule has 0 bridgehead atoms. The molecule has 5 heteroatoms. The number of nitrogens with one attached hydrogen (secondary N) is 1. The lowest BCUT2D eigenvalue weighted by molar-refractivity contribution is 0.773. The molecule has 0 aliphatic heterocycles. The van der Waals surface area contributed by atoms with Gasteiger partial charge in [0, 0.05) is 18.9 Å². The van der Waals surface area contributed by atoms with Gasteiger partial charge in [-0.1, -0.05) is 0 Å². The summed E-state index contributed by atoms with van der Waals surface area (Å²) in [6.07, 6.45) is 3.74. The quantitative estimate of drug-likeness (QED) is 0.884. The molecule has 1 N–H and O–H groups in total. The van der Waals surface area contributed by atoms with Crippen molar-refractivity contribution < 1.29 is 0 Å². The molecule has 0 radical (unpaired) electrons. The molecule has 0 aromatic carbocycles. The lowest BCUT2D eigenvalue weighted by atomic mass is 10.3. The summed E-state index contributed by atoms with van der Waals surface area (Å²) >= 11 is 3.40. The van der Waals surface area contributed by atoms with Crippen LogP contribution < -0.4 is 5.32 Å². The Morgan fingerprint density at radius 2 is 2.36 bits per heavy atom. The summed E-state index contributed by atoms with van der Waals surface area (Å²) in [5.41, 5.74) is 2.17. The number of nitrogens with zero attached hydrogens (tertiary/aromatic N) is 3. The fourth-order valence-electron chi connectivity index (χ4n) is 1.45. The molecule has 74 valence electrons. The molecule has 0 amide bonds. The van der Waals surface area contributed by atoms with Crippen molar-refractivity contribution in [3.05, 3.63) is 28.3 Å². The van der Waals surface area contributed by atoms with E-state index in [4.69, 9.17) is 0 Å². The Morgan fingerprint density at radius 1 is 1.57 bits per heavy atom. The summed E-state index contributed by atoms with van der Waals surface area (Å²) in [6, 6.07) is 0. The lowest BCUT2D eigenvalue weighted by Crippen LogP contribution is -2.08. The Balaban J connectivity index is 2.66. The van der Waals surface area contributed by atoms with Crippen LogP contribution in [-0.4, -0.2) is 21.4 Å². The van der Waals surface area contributed by atoms with E-state index in [-0.39, 0.29) is 0 Å². The van der Waals surface area contributed by atoms with Gasteiger partial charge < -0.3 is 5.32 Å². The highest BCUT2D eigenvalue weighted by atomic mass is 79.9. The van der Waals surface area contributed by atoms with Crippen LogP contribution in [0.15, 0.2) is 16.9 Å². The normalized spacial score (nSPS) is 11.1. The zero-order valence-corrected chi connectivity index (χ0v) is 9.67. The molecule has 14 heavy (non-hydrogen) atoms. The minimum absolute atomic E-state index is 0.746. The van der Waals surface area contributed by atoms with E-state index in [1.165, 1.54) is 0 Å². The Kier molecular flexibility index (Phi) is 2.52. The fourth-order valence-corrected chi connectivity index (χ4v) is 1.75. The molecular weight excluding hydrogens is 244 g/mol. The molecule has 0 spiro atoms. The Bertz CT molecular complexity index is 463. The highest BCUT2D eigenvalue weighted by Gasteiger charge is 2.08. The molecule has 0 fully saturated rings. The number of fused-ring (bicyclic) bond motifs is 1. The smallest absolute Gasteiger partial charge is 0.234 e. The van der Waals surface area contributed by atoms with Gasteiger partial charge in [-0.2, -0.15) is 0 Å². The standard InChI is InChI=1S/C9H11BrN4/c1-6-8(4-11-2)14-5-7(10)3-12-9(14)13-6/h3,5,11H,4H2,1-2H3. The van der Waals surface area contributed by atoms with Crippen LogP contribution in [-0.2, 0) is 6.54 Å². The van der Waals surface area contributed by atoms with Crippen molar-refractivity contribution in [1.29, 1.82) is 0 Å². The maximum Gasteiger partial charge on any atom is 0.234 e. The highest BCUT2D eigenvalue weighted by molar-refractivity contribution is 9.10. The van der Waals surface area contributed by atoms with E-state index in [1.807, 2.05) is 24.6 Å². The average molecular weight is 255 g/mol. The molecule has 2 rings (SSSR count). The lowest BCUT2D eigenvalue weighted by Gasteiger charge is -2.01. The van der Waals surface area contributed by atoms with Gasteiger partial charge in [0.05, 0.1) is 15.9 Å². The first-order valence-corrected chi connectivity index (χ1v) is 5.15. The molecule has 2 aromatic rings. The minimum atomic E-state index is 0.746. The summed E-state index contributed by atoms with van der Waals surface area (Å²) in [5, 5.41) is 3.12. The van der Waals surface area contributed by atoms with Crippen LogP contribution in [0.3, 0.4) is 0 Å². The van der Waals surface area contributed by atoms with Gasteiger partial charge in [-0.25, -0.2) is 9.97 Å². The number of imidazole rings is 1. The van der Waals surface area contributed by atoms with E-state index in [2.05, 4.69) is 31.2 Å². The van der Waals surface area contributed by atoms with Gasteiger partial charge in [-0.15, -0.1) is 0 Å². The van der Waals surface area contributed by atoms with Crippen molar-refractivity contribution in [2.24, 2.45) is 0 Å². The number of aryl methyl sites for hydroxylation is 1. The molecule has 0 aliphatic carbocycles. The second-order valence-electron chi connectivity index (χ2n) is 3.12. The molecule has 4 nitrogen and oxygen atoms in total. The first-order valence-electron chi connectivity index (χ1n) is 4.36. The SMILES string of the molecule is CNCc1c(C)nc2ncc(Br)cn12. The maximum absolute atomic E-state index is 4.36. The number of halogens is 1. The second-order valence-corrected chi connectivity index (χ2v) is 4.03. The van der Waals surface area contributed by atoms with E-state index in [0.29, 0.717) is 0 Å². The number of hydrogen-bond acceptors (Lipinski definition) is 3. The zero-order chi connectivity index (χ0) is 10.1. The van der Waals surface area contributed by atoms with Gasteiger partial charge in [0.1, 0.15) is 0 Å². The summed E-state index contributed by atoms with van der Waals surface area (Å²) in [5.74, 6) is 0.746. The molecule has 0 aliphatic rings. The summed E-state index contributed by atoms with van der Waals surface area (Å²) in [6.45, 7) is 2.79. The predicted octanol–water partition coefficient (Wildman–Crippen LogP) is 1.52. The summed E-state index contributed by atoms with van der Waals surface area (Å²) in [7, 11) is 1.92. The second kappa shape index (κ2) is 3.67. The fraction of sp³-hybridized carbons (Fsp3) is 0.333. The van der Waals surface area contributed by atoms with Crippen molar-refractivity contribution in [3.8, 4) is 0 Å². The van der Waals surface area contributed by atoms with E-state index < -0.39 is 0 Å². The summed E-state index contributed by atoms with van der Waals surface area (Å²) in [4.78, 5) is 8.59. The maximum atomic E-state index is 4.36. The number of aromatic nitrogens is 3. The van der Waals surface area contributed by atoms with Crippen LogP contribution in [0.25, 0.3) is 5.78 Å². The molecule has 0 saturated carbocycles. The third kappa shape index (κ3) is 1.53. The largest absolute Gasteiger partial charge is 0.314 e. The van der Waals surface area contributed by atoms with Gasteiger partial charge in [-0.05, 0) is 29.9 Å². The highest BCUT2D eigenvalue weighted by Crippen LogP contribution is 2.13. The Morgan fingerprint density at radius 3 is 3.07 bits per heavy atom. The number of hydrogen-bond donors (Lipinski definition) is 1. The van der Waals surface area contributed by atoms with Crippen molar-refractivity contribution in [1.82, 2.24) is 19.7 Å². The molecule has 2 aromatic heterocycles. The predicted molar refractivity (Wildman–Crippen MR) is 58.2 cm³/mol. The first-order chi connectivity index (χ1) is 6.72. The van der Waals surface area contributed by atoms with E-state index in [0.717, 1.165) is 28.2 Å². The first kappa shape index (κ1) is 9.61. The van der Waals surface area contributed by atoms with Gasteiger partial charge in [0.2, 0.25) is 5.78 Å². The van der Waals surface area contributed by atoms with Crippen LogP contribution in [0.5, 0.6) is 0 Å². The third-order valence-corrected chi connectivity index (χ3v) is 2.50. The van der Waals surface area contributed by atoms with Crippen LogP contribution >= 0.6 is 15.9 Å². The Hall–Kier alpha value is -0.940. The van der Waals surface area contributed by atoms with Gasteiger partial charge in [0.25, 0.3) is 0 Å². The van der Waals surface area contributed by atoms with E-state index >= 15 is 0 Å². The Labute approximate surface area is 90.5 Å². The van der Waals surface area contributed by atoms with Gasteiger partial charge in [0.15, 0.2) is 0 Å². The van der Waals surface area contributed by atoms with Crippen LogP contribution in [0.1, 0.15) is 11.4 Å². The van der Waals surface area contributed by atoms with Crippen molar-refractivity contribution in [2.45, 2.75) is 13.5 Å². The van der Waals surface area contributed by atoms with E-state index in [9.17, 15) is 0 Å². The molecule has 0 unspecified atom stereocenters. The molecule has 2 heterocycles. The minimum Gasteiger partial charge on any atom is -0.314 e. The zero-order valence-electron chi connectivity index (χ0n) is 8.08. The van der Waals surface area contributed by atoms with Crippen molar-refractivity contribution in [2.75, 3.05) is 7.05 Å². The third-order valence-electron chi connectivity index (χ3n) is 2.09. The van der Waals surface area contributed by atoms with Crippen molar-refractivity contribution >= 4 is 21.7 Å². The van der Waals surface area contributed by atoms with Crippen LogP contribution in [0, 0.1) is 6.92 Å². The molecule has 0 atom stereocenters. The average Bonchev–Trinajstić information content (AvgIpc) is 2.45. The molecular formula is C9H11BrN4. The van der Waals surface area contributed by atoms with Crippen LogP contribution in [0.2, 0.25) is 0 Å². The van der Waals surface area contributed by atoms with Gasteiger partial charge in [-0.3, -0.25) is 4.40 Å². The topological polar surface area (TPSA) is 42.2 Å². The van der Waals surface area contributed by atoms with E-state index in [1.54, 1.807) is 6.20 Å².